The maximum Gasteiger partial charge on any atom is 0.269 e. The molecule has 1 unspecified atom stereocenters. The second kappa shape index (κ2) is 6.10. The summed E-state index contributed by atoms with van der Waals surface area (Å²) < 4.78 is 0. The van der Waals surface area contributed by atoms with Gasteiger partial charge in [-0.2, -0.15) is 0 Å². The number of amides is 1. The smallest absolute Gasteiger partial charge is 0.269 e. The average Bonchev–Trinajstić information content (AvgIpc) is 2.89. The Hall–Kier alpha value is -2.21. The van der Waals surface area contributed by atoms with Gasteiger partial charge in [0.25, 0.3) is 5.69 Å². The quantitative estimate of drug-likeness (QED) is 0.482. The first kappa shape index (κ1) is 13.2. The van der Waals surface area contributed by atoms with E-state index < -0.39 is 4.92 Å². The number of nitrogens with zero attached hydrogens (tertiary/aromatic N) is 1. The Morgan fingerprint density at radius 2 is 2.16 bits per heavy atom. The molecule has 1 aromatic rings. The topological polar surface area (TPSA) is 84.3 Å². The van der Waals surface area contributed by atoms with Crippen molar-refractivity contribution in [1.82, 2.24) is 10.6 Å². The zero-order chi connectivity index (χ0) is 13.7. The molecule has 0 aliphatic carbocycles. The van der Waals surface area contributed by atoms with Crippen LogP contribution < -0.4 is 10.6 Å². The van der Waals surface area contributed by atoms with Crippen molar-refractivity contribution in [2.45, 2.75) is 12.5 Å². The van der Waals surface area contributed by atoms with Gasteiger partial charge in [0.1, 0.15) is 0 Å². The number of hydrogen-bond acceptors (Lipinski definition) is 4. The van der Waals surface area contributed by atoms with Gasteiger partial charge in [-0.3, -0.25) is 14.9 Å². The van der Waals surface area contributed by atoms with Crippen molar-refractivity contribution in [3.05, 3.63) is 46.0 Å². The van der Waals surface area contributed by atoms with Gasteiger partial charge in [-0.05, 0) is 36.7 Å². The van der Waals surface area contributed by atoms with Crippen LogP contribution in [0.2, 0.25) is 0 Å². The van der Waals surface area contributed by atoms with E-state index in [4.69, 9.17) is 0 Å². The number of nitro groups is 1. The maximum atomic E-state index is 11.6. The van der Waals surface area contributed by atoms with Crippen LogP contribution in [-0.4, -0.2) is 30.0 Å². The highest BCUT2D eigenvalue weighted by atomic mass is 16.6. The molecule has 0 bridgehead atoms. The Kier molecular flexibility index (Phi) is 4.25. The van der Waals surface area contributed by atoms with E-state index in [-0.39, 0.29) is 17.6 Å². The van der Waals surface area contributed by atoms with Gasteiger partial charge in [-0.15, -0.1) is 0 Å². The molecule has 1 aromatic carbocycles. The lowest BCUT2D eigenvalue weighted by Gasteiger charge is -2.08. The first-order chi connectivity index (χ1) is 9.15. The Morgan fingerprint density at radius 3 is 2.74 bits per heavy atom. The highest BCUT2D eigenvalue weighted by Gasteiger charge is 2.14. The molecular weight excluding hydrogens is 246 g/mol. The third kappa shape index (κ3) is 3.89. The van der Waals surface area contributed by atoms with Crippen molar-refractivity contribution in [2.24, 2.45) is 0 Å². The molecule has 1 heterocycles. The Balaban J connectivity index is 1.90. The van der Waals surface area contributed by atoms with Crippen molar-refractivity contribution in [1.29, 1.82) is 0 Å². The molecular formula is C13H15N3O3. The molecule has 1 amide bonds. The summed E-state index contributed by atoms with van der Waals surface area (Å²) in [6.07, 6.45) is 4.03. The van der Waals surface area contributed by atoms with Crippen LogP contribution in [0.3, 0.4) is 0 Å². The molecule has 1 fully saturated rings. The van der Waals surface area contributed by atoms with E-state index in [1.54, 1.807) is 18.2 Å². The Bertz CT molecular complexity index is 490. The van der Waals surface area contributed by atoms with Crippen molar-refractivity contribution in [3.63, 3.8) is 0 Å². The molecule has 1 aliphatic heterocycles. The van der Waals surface area contributed by atoms with Gasteiger partial charge in [-0.1, -0.05) is 0 Å². The van der Waals surface area contributed by atoms with Gasteiger partial charge in [0.05, 0.1) is 4.92 Å². The largest absolute Gasteiger partial charge is 0.348 e. The highest BCUT2D eigenvalue weighted by Crippen LogP contribution is 2.12. The monoisotopic (exact) mass is 261 g/mol. The van der Waals surface area contributed by atoms with Crippen LogP contribution in [0.15, 0.2) is 30.3 Å². The Morgan fingerprint density at radius 1 is 1.42 bits per heavy atom. The summed E-state index contributed by atoms with van der Waals surface area (Å²) >= 11 is 0. The summed E-state index contributed by atoms with van der Waals surface area (Å²) in [5.41, 5.74) is 0.795. The van der Waals surface area contributed by atoms with Crippen LogP contribution in [0.4, 0.5) is 5.69 Å². The summed E-state index contributed by atoms with van der Waals surface area (Å²) in [6.45, 7) is 1.73. The lowest BCUT2D eigenvalue weighted by molar-refractivity contribution is -0.384. The molecule has 1 aliphatic rings. The van der Waals surface area contributed by atoms with Gasteiger partial charge in [0.2, 0.25) is 5.91 Å². The summed E-state index contributed by atoms with van der Waals surface area (Å²) in [7, 11) is 0. The van der Waals surface area contributed by atoms with E-state index in [0.717, 1.165) is 25.1 Å². The third-order valence-electron chi connectivity index (χ3n) is 2.94. The van der Waals surface area contributed by atoms with Crippen molar-refractivity contribution >= 4 is 17.7 Å². The average molecular weight is 261 g/mol. The predicted molar refractivity (Wildman–Crippen MR) is 71.5 cm³/mol. The molecule has 6 heteroatoms. The normalized spacial score (nSPS) is 18.6. The fourth-order valence-corrected chi connectivity index (χ4v) is 1.91. The number of carbonyl (C=O) groups excluding carboxylic acids is 1. The minimum atomic E-state index is -0.451. The van der Waals surface area contributed by atoms with Gasteiger partial charge in [0.15, 0.2) is 0 Å². The molecule has 2 N–H and O–H groups in total. The lowest BCUT2D eigenvalue weighted by atomic mass is 10.2. The minimum Gasteiger partial charge on any atom is -0.348 e. The van der Waals surface area contributed by atoms with Crippen LogP contribution in [0.5, 0.6) is 0 Å². The van der Waals surface area contributed by atoms with Crippen LogP contribution in [-0.2, 0) is 4.79 Å². The van der Waals surface area contributed by atoms with E-state index in [9.17, 15) is 14.9 Å². The molecule has 6 nitrogen and oxygen atoms in total. The molecule has 0 saturated carbocycles. The fourth-order valence-electron chi connectivity index (χ4n) is 1.91. The van der Waals surface area contributed by atoms with Crippen molar-refractivity contribution < 1.29 is 9.72 Å². The lowest BCUT2D eigenvalue weighted by Crippen LogP contribution is -2.34. The van der Waals surface area contributed by atoms with E-state index in [1.807, 2.05) is 0 Å². The highest BCUT2D eigenvalue weighted by molar-refractivity contribution is 5.91. The van der Waals surface area contributed by atoms with Gasteiger partial charge < -0.3 is 10.6 Å². The number of benzene rings is 1. The molecule has 19 heavy (non-hydrogen) atoms. The fraction of sp³-hybridized carbons (Fsp3) is 0.308. The molecule has 1 atom stereocenters. The number of carbonyl (C=O) groups is 1. The third-order valence-corrected chi connectivity index (χ3v) is 2.94. The zero-order valence-electron chi connectivity index (χ0n) is 10.3. The molecule has 100 valence electrons. The van der Waals surface area contributed by atoms with Crippen LogP contribution in [0, 0.1) is 10.1 Å². The van der Waals surface area contributed by atoms with Gasteiger partial charge in [-0.25, -0.2) is 0 Å². The van der Waals surface area contributed by atoms with E-state index in [0.29, 0.717) is 0 Å². The number of hydrogen-bond donors (Lipinski definition) is 2. The van der Waals surface area contributed by atoms with Crippen molar-refractivity contribution in [3.8, 4) is 0 Å². The van der Waals surface area contributed by atoms with E-state index >= 15 is 0 Å². The summed E-state index contributed by atoms with van der Waals surface area (Å²) in [5.74, 6) is -0.146. The van der Waals surface area contributed by atoms with Crippen molar-refractivity contribution in [2.75, 3.05) is 13.1 Å². The van der Waals surface area contributed by atoms with E-state index in [2.05, 4.69) is 10.6 Å². The summed E-state index contributed by atoms with van der Waals surface area (Å²) in [6, 6.07) is 6.24. The molecule has 2 rings (SSSR count). The summed E-state index contributed by atoms with van der Waals surface area (Å²) in [4.78, 5) is 21.7. The van der Waals surface area contributed by atoms with Gasteiger partial charge >= 0.3 is 0 Å². The molecule has 0 radical (unpaired) electrons. The van der Waals surface area contributed by atoms with E-state index in [1.165, 1.54) is 18.2 Å². The van der Waals surface area contributed by atoms with Crippen LogP contribution >= 0.6 is 0 Å². The zero-order valence-corrected chi connectivity index (χ0v) is 10.3. The number of non-ortho nitro benzene ring substituents is 1. The van der Waals surface area contributed by atoms with Crippen LogP contribution in [0.1, 0.15) is 12.0 Å². The number of rotatable bonds is 4. The predicted octanol–water partition coefficient (Wildman–Crippen LogP) is 1.09. The minimum absolute atomic E-state index is 0.0404. The first-order valence-electron chi connectivity index (χ1n) is 6.09. The second-order valence-corrected chi connectivity index (χ2v) is 4.38. The molecule has 0 spiro atoms. The molecule has 0 aromatic heterocycles. The maximum absolute atomic E-state index is 11.6. The second-order valence-electron chi connectivity index (χ2n) is 4.38. The van der Waals surface area contributed by atoms with Crippen LogP contribution in [0.25, 0.3) is 6.08 Å². The standard InChI is InChI=1S/C13H15N3O3/c17-13(15-11-7-8-14-9-11)6-3-10-1-4-12(5-2-10)16(18)19/h1-6,11,14H,7-9H2,(H,15,17)/b6-3+. The number of nitro benzene ring substituents is 1. The number of nitrogens with one attached hydrogen (secondary N) is 2. The summed E-state index contributed by atoms with van der Waals surface area (Å²) in [5, 5.41) is 16.5. The Labute approximate surface area is 110 Å². The molecule has 1 saturated heterocycles. The van der Waals surface area contributed by atoms with Gasteiger partial charge in [0, 0.05) is 30.8 Å². The SMILES string of the molecule is O=C(/C=C/c1ccc([N+](=O)[O-])cc1)NC1CCNC1. The first-order valence-corrected chi connectivity index (χ1v) is 6.09.